The van der Waals surface area contributed by atoms with E-state index in [9.17, 15) is 4.79 Å². The number of hydrogen-bond acceptors (Lipinski definition) is 5. The van der Waals surface area contributed by atoms with Gasteiger partial charge in [0.25, 0.3) is 0 Å². The van der Waals surface area contributed by atoms with Gasteiger partial charge in [0.1, 0.15) is 6.10 Å². The Morgan fingerprint density at radius 1 is 1.25 bits per heavy atom. The van der Waals surface area contributed by atoms with Gasteiger partial charge in [0.2, 0.25) is 11.8 Å². The summed E-state index contributed by atoms with van der Waals surface area (Å²) in [5.74, 6) is 0.870. The highest BCUT2D eigenvalue weighted by Crippen LogP contribution is 2.18. The van der Waals surface area contributed by atoms with Crippen LogP contribution in [0.4, 0.5) is 10.5 Å². The number of carbonyl (C=O) groups excluding carboxylic acids is 1. The first-order chi connectivity index (χ1) is 11.6. The van der Waals surface area contributed by atoms with Crippen LogP contribution in [0.1, 0.15) is 12.0 Å². The largest absolute Gasteiger partial charge is 0.480 e. The lowest BCUT2D eigenvalue weighted by atomic mass is 10.2. The van der Waals surface area contributed by atoms with E-state index in [2.05, 4.69) is 15.5 Å². The van der Waals surface area contributed by atoms with E-state index in [1.165, 1.54) is 7.11 Å². The summed E-state index contributed by atoms with van der Waals surface area (Å²) in [4.78, 5) is 14.1. The molecule has 0 bridgehead atoms. The van der Waals surface area contributed by atoms with Crippen molar-refractivity contribution >= 4 is 11.7 Å². The second kappa shape index (κ2) is 7.16. The number of likely N-dealkylation sites (tertiary alicyclic amines) is 1. The Bertz CT molecular complexity index is 705. The average molecular weight is 328 g/mol. The molecule has 1 aliphatic rings. The molecule has 1 atom stereocenters. The minimum absolute atomic E-state index is 0.0871. The zero-order valence-corrected chi connectivity index (χ0v) is 13.7. The Balaban J connectivity index is 1.53. The number of urea groups is 1. The Morgan fingerprint density at radius 3 is 2.75 bits per heavy atom. The molecule has 126 valence electrons. The van der Waals surface area contributed by atoms with E-state index in [0.717, 1.165) is 17.7 Å². The molecular weight excluding hydrogens is 308 g/mol. The van der Waals surface area contributed by atoms with Crippen molar-refractivity contribution < 1.29 is 14.3 Å². The molecule has 7 heteroatoms. The van der Waals surface area contributed by atoms with Gasteiger partial charge in [0, 0.05) is 30.8 Å². The SMILES string of the molecule is COc1ccc(OC2CCN(C(=O)Nc3cccc(C)c3)C2)nn1. The second-order valence-corrected chi connectivity index (χ2v) is 5.69. The summed E-state index contributed by atoms with van der Waals surface area (Å²) in [6.07, 6.45) is 0.672. The lowest BCUT2D eigenvalue weighted by Gasteiger charge is -2.17. The predicted molar refractivity (Wildman–Crippen MR) is 89.4 cm³/mol. The first kappa shape index (κ1) is 16.0. The Morgan fingerprint density at radius 2 is 2.04 bits per heavy atom. The van der Waals surface area contributed by atoms with Crippen LogP contribution in [0.3, 0.4) is 0 Å². The number of nitrogens with zero attached hydrogens (tertiary/aromatic N) is 3. The molecule has 1 aromatic heterocycles. The molecule has 2 amide bonds. The van der Waals surface area contributed by atoms with Crippen LogP contribution in [0.2, 0.25) is 0 Å². The van der Waals surface area contributed by atoms with E-state index >= 15 is 0 Å². The van der Waals surface area contributed by atoms with Gasteiger partial charge in [-0.25, -0.2) is 4.79 Å². The second-order valence-electron chi connectivity index (χ2n) is 5.69. The highest BCUT2D eigenvalue weighted by molar-refractivity contribution is 5.89. The van der Waals surface area contributed by atoms with Gasteiger partial charge in [0.15, 0.2) is 0 Å². The lowest BCUT2D eigenvalue weighted by Crippen LogP contribution is -2.34. The minimum Gasteiger partial charge on any atom is -0.480 e. The average Bonchev–Trinajstić information content (AvgIpc) is 3.04. The number of aryl methyl sites for hydroxylation is 1. The molecule has 0 saturated carbocycles. The van der Waals surface area contributed by atoms with E-state index in [-0.39, 0.29) is 12.1 Å². The normalized spacial score (nSPS) is 16.8. The number of nitrogens with one attached hydrogen (secondary N) is 1. The van der Waals surface area contributed by atoms with Crippen LogP contribution in [0.15, 0.2) is 36.4 Å². The monoisotopic (exact) mass is 328 g/mol. The number of aromatic nitrogens is 2. The molecule has 2 aromatic rings. The zero-order chi connectivity index (χ0) is 16.9. The molecule has 1 aromatic carbocycles. The van der Waals surface area contributed by atoms with E-state index < -0.39 is 0 Å². The molecule has 0 aliphatic carbocycles. The Labute approximate surface area is 140 Å². The molecule has 1 N–H and O–H groups in total. The lowest BCUT2D eigenvalue weighted by molar-refractivity contribution is 0.188. The van der Waals surface area contributed by atoms with Gasteiger partial charge >= 0.3 is 6.03 Å². The summed E-state index contributed by atoms with van der Waals surface area (Å²) in [6.45, 7) is 3.16. The number of hydrogen-bond donors (Lipinski definition) is 1. The molecule has 1 aliphatic heterocycles. The van der Waals surface area contributed by atoms with Crippen molar-refractivity contribution in [2.45, 2.75) is 19.4 Å². The van der Waals surface area contributed by atoms with Crippen LogP contribution in [0.25, 0.3) is 0 Å². The summed E-state index contributed by atoms with van der Waals surface area (Å²) in [5, 5.41) is 10.7. The van der Waals surface area contributed by atoms with Gasteiger partial charge in [0.05, 0.1) is 13.7 Å². The number of benzene rings is 1. The van der Waals surface area contributed by atoms with E-state index in [1.807, 2.05) is 31.2 Å². The molecule has 24 heavy (non-hydrogen) atoms. The van der Waals surface area contributed by atoms with E-state index in [4.69, 9.17) is 9.47 Å². The molecule has 7 nitrogen and oxygen atoms in total. The smallest absolute Gasteiger partial charge is 0.321 e. The standard InChI is InChI=1S/C17H20N4O3/c1-12-4-3-5-13(10-12)18-17(22)21-9-8-14(11-21)24-16-7-6-15(23-2)19-20-16/h3-7,10,14H,8-9,11H2,1-2H3,(H,18,22). The van der Waals surface area contributed by atoms with Crippen molar-refractivity contribution in [2.24, 2.45) is 0 Å². The summed E-state index contributed by atoms with van der Waals surface area (Å²) in [7, 11) is 1.53. The zero-order valence-electron chi connectivity index (χ0n) is 13.7. The fourth-order valence-corrected chi connectivity index (χ4v) is 2.58. The van der Waals surface area contributed by atoms with Crippen LogP contribution >= 0.6 is 0 Å². The number of methoxy groups -OCH3 is 1. The first-order valence-electron chi connectivity index (χ1n) is 7.81. The van der Waals surface area contributed by atoms with Gasteiger partial charge < -0.3 is 19.7 Å². The van der Waals surface area contributed by atoms with E-state index in [1.54, 1.807) is 17.0 Å². The van der Waals surface area contributed by atoms with Gasteiger partial charge in [-0.1, -0.05) is 12.1 Å². The van der Waals surface area contributed by atoms with E-state index in [0.29, 0.717) is 24.8 Å². The fourth-order valence-electron chi connectivity index (χ4n) is 2.58. The molecule has 3 rings (SSSR count). The third-order valence-corrected chi connectivity index (χ3v) is 3.81. The highest BCUT2D eigenvalue weighted by atomic mass is 16.5. The quantitative estimate of drug-likeness (QED) is 0.933. The van der Waals surface area contributed by atoms with Crippen molar-refractivity contribution in [3.63, 3.8) is 0 Å². The number of carbonyl (C=O) groups is 1. The van der Waals surface area contributed by atoms with Crippen molar-refractivity contribution in [3.05, 3.63) is 42.0 Å². The summed E-state index contributed by atoms with van der Waals surface area (Å²) < 4.78 is 10.7. The van der Waals surface area contributed by atoms with Gasteiger partial charge in [-0.2, -0.15) is 0 Å². The molecule has 0 radical (unpaired) electrons. The fraction of sp³-hybridized carbons (Fsp3) is 0.353. The van der Waals surface area contributed by atoms with Crippen LogP contribution in [-0.4, -0.2) is 47.4 Å². The van der Waals surface area contributed by atoms with Crippen LogP contribution in [0.5, 0.6) is 11.8 Å². The molecule has 1 saturated heterocycles. The Hall–Kier alpha value is -2.83. The van der Waals surface area contributed by atoms with Crippen molar-refractivity contribution in [2.75, 3.05) is 25.5 Å². The van der Waals surface area contributed by atoms with Crippen molar-refractivity contribution in [1.29, 1.82) is 0 Å². The van der Waals surface area contributed by atoms with Crippen LogP contribution in [-0.2, 0) is 0 Å². The van der Waals surface area contributed by atoms with Gasteiger partial charge in [-0.15, -0.1) is 10.2 Å². The Kier molecular flexibility index (Phi) is 4.79. The minimum atomic E-state index is -0.118. The molecule has 1 fully saturated rings. The maximum absolute atomic E-state index is 12.3. The summed E-state index contributed by atoms with van der Waals surface area (Å²) in [6, 6.07) is 11.0. The maximum atomic E-state index is 12.3. The number of rotatable bonds is 4. The molecule has 0 spiro atoms. The van der Waals surface area contributed by atoms with Crippen LogP contribution < -0.4 is 14.8 Å². The summed E-state index contributed by atoms with van der Waals surface area (Å²) in [5.41, 5.74) is 1.90. The molecule has 2 heterocycles. The first-order valence-corrected chi connectivity index (χ1v) is 7.81. The molecule has 1 unspecified atom stereocenters. The maximum Gasteiger partial charge on any atom is 0.321 e. The van der Waals surface area contributed by atoms with Gasteiger partial charge in [-0.05, 0) is 24.6 Å². The third-order valence-electron chi connectivity index (χ3n) is 3.81. The highest BCUT2D eigenvalue weighted by Gasteiger charge is 2.28. The van der Waals surface area contributed by atoms with Crippen molar-refractivity contribution in [1.82, 2.24) is 15.1 Å². The van der Waals surface area contributed by atoms with Crippen LogP contribution in [0, 0.1) is 6.92 Å². The molecular formula is C17H20N4O3. The topological polar surface area (TPSA) is 76.6 Å². The number of anilines is 1. The van der Waals surface area contributed by atoms with Gasteiger partial charge in [-0.3, -0.25) is 0 Å². The number of ether oxygens (including phenoxy) is 2. The predicted octanol–water partition coefficient (Wildman–Crippen LogP) is 2.48. The van der Waals surface area contributed by atoms with Crippen molar-refractivity contribution in [3.8, 4) is 11.8 Å². The number of amides is 2. The summed E-state index contributed by atoms with van der Waals surface area (Å²) >= 11 is 0. The third kappa shape index (κ3) is 3.92.